The van der Waals surface area contributed by atoms with Gasteiger partial charge in [0.05, 0.1) is 17.9 Å². The highest BCUT2D eigenvalue weighted by Gasteiger charge is 2.29. The molecule has 0 radical (unpaired) electrons. The van der Waals surface area contributed by atoms with Crippen LogP contribution in [0.2, 0.25) is 0 Å². The van der Waals surface area contributed by atoms with Crippen molar-refractivity contribution < 1.29 is 14.3 Å². The van der Waals surface area contributed by atoms with Crippen molar-refractivity contribution in [3.8, 4) is 11.4 Å². The normalized spacial score (nSPS) is 15.1. The highest BCUT2D eigenvalue weighted by atomic mass is 32.2. The highest BCUT2D eigenvalue weighted by molar-refractivity contribution is 7.99. The van der Waals surface area contributed by atoms with Crippen LogP contribution in [-0.2, 0) is 35.3 Å². The summed E-state index contributed by atoms with van der Waals surface area (Å²) in [4.78, 5) is 28.1. The quantitative estimate of drug-likeness (QED) is 0.252. The van der Waals surface area contributed by atoms with Crippen molar-refractivity contribution in [2.75, 3.05) is 17.7 Å². The average Bonchev–Trinajstić information content (AvgIpc) is 3.54. The van der Waals surface area contributed by atoms with Gasteiger partial charge in [-0.15, -0.1) is 32.9 Å². The van der Waals surface area contributed by atoms with E-state index < -0.39 is 0 Å². The van der Waals surface area contributed by atoms with Crippen molar-refractivity contribution in [1.29, 1.82) is 0 Å². The molecule has 0 fully saturated rings. The fourth-order valence-corrected chi connectivity index (χ4v) is 7.51. The second-order valence-corrected chi connectivity index (χ2v) is 11.8. The number of carbonyl (C=O) groups excluding carboxylic acids is 2. The maximum absolute atomic E-state index is 12.9. The Kier molecular flexibility index (Phi) is 8.67. The van der Waals surface area contributed by atoms with E-state index in [2.05, 4.69) is 47.7 Å². The Morgan fingerprint density at radius 1 is 1.29 bits per heavy atom. The second-order valence-electron chi connectivity index (χ2n) is 8.72. The van der Waals surface area contributed by atoms with Gasteiger partial charge in [0.15, 0.2) is 11.0 Å². The molecule has 0 aliphatic heterocycles. The Morgan fingerprint density at radius 2 is 2.11 bits per heavy atom. The summed E-state index contributed by atoms with van der Waals surface area (Å²) >= 11 is 4.62. The van der Waals surface area contributed by atoms with E-state index >= 15 is 0 Å². The van der Waals surface area contributed by atoms with Crippen molar-refractivity contribution in [2.24, 2.45) is 5.92 Å². The number of carbonyl (C=O) groups is 2. The first-order valence-corrected chi connectivity index (χ1v) is 14.9. The molecular formula is C25H32N4O3S3. The fourth-order valence-electron chi connectivity index (χ4n) is 4.32. The summed E-state index contributed by atoms with van der Waals surface area (Å²) < 4.78 is 7.36. The van der Waals surface area contributed by atoms with Crippen molar-refractivity contribution in [2.45, 2.75) is 71.5 Å². The predicted octanol–water partition coefficient (Wildman–Crippen LogP) is 6.07. The van der Waals surface area contributed by atoms with Crippen LogP contribution in [0.5, 0.6) is 0 Å². The minimum absolute atomic E-state index is 0.167. The molecule has 4 rings (SSSR count). The zero-order chi connectivity index (χ0) is 24.9. The number of hydrogen-bond acceptors (Lipinski definition) is 8. The van der Waals surface area contributed by atoms with Gasteiger partial charge in [-0.2, -0.15) is 0 Å². The lowest BCUT2D eigenvalue weighted by molar-refractivity contribution is -0.113. The number of amides is 1. The third-order valence-corrected chi connectivity index (χ3v) is 9.15. The molecule has 0 bridgehead atoms. The van der Waals surface area contributed by atoms with Gasteiger partial charge in [-0.1, -0.05) is 32.0 Å². The van der Waals surface area contributed by atoms with Gasteiger partial charge in [-0.3, -0.25) is 4.79 Å². The first kappa shape index (κ1) is 25.9. The van der Waals surface area contributed by atoms with E-state index in [-0.39, 0.29) is 17.6 Å². The number of rotatable bonds is 10. The minimum atomic E-state index is -0.351. The van der Waals surface area contributed by atoms with Crippen LogP contribution < -0.4 is 5.32 Å². The van der Waals surface area contributed by atoms with E-state index in [1.807, 2.05) is 4.57 Å². The molecule has 3 aromatic rings. The van der Waals surface area contributed by atoms with Gasteiger partial charge in [0.25, 0.3) is 0 Å². The van der Waals surface area contributed by atoms with Crippen molar-refractivity contribution >= 4 is 51.3 Å². The van der Waals surface area contributed by atoms with Gasteiger partial charge in [0.2, 0.25) is 5.91 Å². The lowest BCUT2D eigenvalue weighted by Gasteiger charge is -2.18. The summed E-state index contributed by atoms with van der Waals surface area (Å²) in [5.41, 5.74) is 2.65. The molecule has 1 aliphatic rings. The predicted molar refractivity (Wildman–Crippen MR) is 144 cm³/mol. The van der Waals surface area contributed by atoms with Crippen LogP contribution in [0.3, 0.4) is 0 Å². The average molecular weight is 533 g/mol. The van der Waals surface area contributed by atoms with Gasteiger partial charge in [-0.05, 0) is 57.1 Å². The Balaban J connectivity index is 1.47. The molecule has 0 aromatic carbocycles. The first-order chi connectivity index (χ1) is 16.9. The van der Waals surface area contributed by atoms with Gasteiger partial charge in [0, 0.05) is 27.2 Å². The number of anilines is 1. The Bertz CT molecular complexity index is 1200. The largest absolute Gasteiger partial charge is 0.462 e. The molecule has 1 atom stereocenters. The Hall–Kier alpha value is -2.17. The molecule has 188 valence electrons. The molecule has 3 aromatic heterocycles. The van der Waals surface area contributed by atoms with E-state index in [0.29, 0.717) is 34.8 Å². The van der Waals surface area contributed by atoms with Crippen LogP contribution in [0.4, 0.5) is 5.00 Å². The van der Waals surface area contributed by atoms with Crippen molar-refractivity contribution in [1.82, 2.24) is 14.8 Å². The Morgan fingerprint density at radius 3 is 2.86 bits per heavy atom. The summed E-state index contributed by atoms with van der Waals surface area (Å²) in [6.45, 7) is 9.28. The first-order valence-electron chi connectivity index (χ1n) is 12.2. The molecule has 0 saturated carbocycles. The standard InChI is InChI=1S/C25H32N4O3S3/c1-5-8-17-12-16(13-33-17)22-27-28-25(29(22)6-2)34-14-20(30)26-23-21(24(31)32-7-3)18-10-9-15(4)11-19(18)35-23/h12-13,15H,5-11,14H2,1-4H3,(H,26,30). The van der Waals surface area contributed by atoms with Gasteiger partial charge in [0.1, 0.15) is 5.00 Å². The number of nitrogens with zero attached hydrogens (tertiary/aromatic N) is 3. The minimum Gasteiger partial charge on any atom is -0.462 e. The molecule has 7 nitrogen and oxygen atoms in total. The van der Waals surface area contributed by atoms with Gasteiger partial charge in [-0.25, -0.2) is 4.79 Å². The van der Waals surface area contributed by atoms with Crippen LogP contribution in [-0.4, -0.2) is 39.0 Å². The zero-order valence-corrected chi connectivity index (χ0v) is 23.1. The molecule has 3 heterocycles. The number of hydrogen-bond donors (Lipinski definition) is 1. The van der Waals surface area contributed by atoms with Crippen LogP contribution in [0.25, 0.3) is 11.4 Å². The number of fused-ring (bicyclic) bond motifs is 1. The van der Waals surface area contributed by atoms with E-state index in [9.17, 15) is 9.59 Å². The summed E-state index contributed by atoms with van der Waals surface area (Å²) in [7, 11) is 0. The molecule has 1 unspecified atom stereocenters. The third kappa shape index (κ3) is 5.81. The number of aryl methyl sites for hydroxylation is 1. The summed E-state index contributed by atoms with van der Waals surface area (Å²) in [6.07, 6.45) is 4.99. The monoisotopic (exact) mass is 532 g/mol. The molecule has 0 spiro atoms. The van der Waals surface area contributed by atoms with Crippen LogP contribution >= 0.6 is 34.4 Å². The number of ether oxygens (including phenoxy) is 1. The molecule has 10 heteroatoms. The van der Waals surface area contributed by atoms with Crippen LogP contribution in [0.1, 0.15) is 66.2 Å². The SMILES string of the molecule is CCCc1cc(-c2nnc(SCC(=O)Nc3sc4c(c3C(=O)OCC)CCC(C)C4)n2CC)cs1. The van der Waals surface area contributed by atoms with Crippen LogP contribution in [0.15, 0.2) is 16.6 Å². The fraction of sp³-hybridized carbons (Fsp3) is 0.520. The topological polar surface area (TPSA) is 86.1 Å². The molecular weight excluding hydrogens is 501 g/mol. The summed E-state index contributed by atoms with van der Waals surface area (Å²) in [6, 6.07) is 2.18. The number of thioether (sulfide) groups is 1. The van der Waals surface area contributed by atoms with E-state index in [0.717, 1.165) is 49.1 Å². The maximum atomic E-state index is 12.9. The highest BCUT2D eigenvalue weighted by Crippen LogP contribution is 2.40. The van der Waals surface area contributed by atoms with Crippen molar-refractivity contribution in [3.63, 3.8) is 0 Å². The van der Waals surface area contributed by atoms with Gasteiger partial charge >= 0.3 is 5.97 Å². The number of nitrogens with one attached hydrogen (secondary N) is 1. The van der Waals surface area contributed by atoms with E-state index in [1.165, 1.54) is 32.9 Å². The number of esters is 1. The summed E-state index contributed by atoms with van der Waals surface area (Å²) in [5, 5.41) is 15.2. The van der Waals surface area contributed by atoms with Crippen LogP contribution in [0, 0.1) is 5.92 Å². The molecule has 1 N–H and O–H groups in total. The lowest BCUT2D eigenvalue weighted by atomic mass is 9.88. The third-order valence-electron chi connectivity index (χ3n) is 6.02. The number of thiophene rings is 2. The Labute approximate surface area is 218 Å². The molecule has 1 aliphatic carbocycles. The lowest BCUT2D eigenvalue weighted by Crippen LogP contribution is -2.18. The van der Waals surface area contributed by atoms with Gasteiger partial charge < -0.3 is 14.6 Å². The molecule has 1 amide bonds. The summed E-state index contributed by atoms with van der Waals surface area (Å²) in [5.74, 6) is 1.07. The van der Waals surface area contributed by atoms with Crippen molar-refractivity contribution in [3.05, 3.63) is 32.3 Å². The maximum Gasteiger partial charge on any atom is 0.341 e. The smallest absolute Gasteiger partial charge is 0.341 e. The van der Waals surface area contributed by atoms with E-state index in [4.69, 9.17) is 4.74 Å². The molecule has 35 heavy (non-hydrogen) atoms. The zero-order valence-electron chi connectivity index (χ0n) is 20.7. The van der Waals surface area contributed by atoms with E-state index in [1.54, 1.807) is 18.3 Å². The number of aromatic nitrogens is 3. The second kappa shape index (κ2) is 11.7. The molecule has 0 saturated heterocycles.